The maximum atomic E-state index is 15.5. The van der Waals surface area contributed by atoms with Crippen LogP contribution in [0.5, 0.6) is 0 Å². The summed E-state index contributed by atoms with van der Waals surface area (Å²) >= 11 is 0. The Hall–Kier alpha value is -5.38. The van der Waals surface area contributed by atoms with Crippen molar-refractivity contribution >= 4 is 55.9 Å². The Morgan fingerprint density at radius 3 is 2.09 bits per heavy atom. The fourth-order valence-electron chi connectivity index (χ4n) is 7.06. The van der Waals surface area contributed by atoms with Crippen molar-refractivity contribution in [2.45, 2.75) is 26.2 Å². The van der Waals surface area contributed by atoms with Crippen LogP contribution in [0.1, 0.15) is 26.6 Å². The molecule has 0 spiro atoms. The van der Waals surface area contributed by atoms with E-state index in [1.807, 2.05) is 60.8 Å². The summed E-state index contributed by atoms with van der Waals surface area (Å²) < 4.78 is 17.8. The van der Waals surface area contributed by atoms with Crippen molar-refractivity contribution in [1.82, 2.24) is 19.5 Å². The normalized spacial score (nSPS) is 15.7. The molecule has 47 heavy (non-hydrogen) atoms. The second-order valence-electron chi connectivity index (χ2n) is 13.3. The minimum absolute atomic E-state index is 0.251. The number of imidazole rings is 1. The first-order valence-corrected chi connectivity index (χ1v) is 17.6. The molecule has 0 saturated carbocycles. The summed E-state index contributed by atoms with van der Waals surface area (Å²) in [6.45, 7) is 6.57. The average molecular weight is 627 g/mol. The van der Waals surface area contributed by atoms with Gasteiger partial charge in [0.2, 0.25) is 0 Å². The summed E-state index contributed by atoms with van der Waals surface area (Å²) in [4.78, 5) is 15.0. The van der Waals surface area contributed by atoms with Gasteiger partial charge in [0.25, 0.3) is 0 Å². The molecule has 5 aromatic carbocycles. The third kappa shape index (κ3) is 4.10. The van der Waals surface area contributed by atoms with Crippen molar-refractivity contribution < 1.29 is 4.57 Å². The lowest BCUT2D eigenvalue weighted by molar-refractivity contribution is 0.539. The topological polar surface area (TPSA) is 60.7 Å². The van der Waals surface area contributed by atoms with E-state index >= 15 is 4.57 Å². The van der Waals surface area contributed by atoms with Crippen molar-refractivity contribution in [1.29, 1.82) is 0 Å². The van der Waals surface area contributed by atoms with E-state index in [0.29, 0.717) is 0 Å². The van der Waals surface area contributed by atoms with Gasteiger partial charge in [0.15, 0.2) is 7.14 Å². The zero-order valence-electron chi connectivity index (χ0n) is 26.3. The Labute approximate surface area is 273 Å². The van der Waals surface area contributed by atoms with Crippen LogP contribution in [0.15, 0.2) is 134 Å². The highest BCUT2D eigenvalue weighted by atomic mass is 31.2. The van der Waals surface area contributed by atoms with Gasteiger partial charge >= 0.3 is 0 Å². The molecule has 5 nitrogen and oxygen atoms in total. The zero-order chi connectivity index (χ0) is 31.9. The van der Waals surface area contributed by atoms with Gasteiger partial charge < -0.3 is 4.57 Å². The van der Waals surface area contributed by atoms with Crippen molar-refractivity contribution in [3.8, 4) is 28.1 Å². The lowest BCUT2D eigenvalue weighted by atomic mass is 9.95. The van der Waals surface area contributed by atoms with Crippen LogP contribution in [0.2, 0.25) is 0 Å². The molecular formula is C41H31N4OP. The molecule has 0 aliphatic carbocycles. The number of fused-ring (bicyclic) bond motifs is 5. The molecule has 0 fully saturated rings. The fraction of sp³-hybridized carbons (Fsp3) is 0.0976. The van der Waals surface area contributed by atoms with Crippen LogP contribution in [0.4, 0.5) is 0 Å². The van der Waals surface area contributed by atoms with Gasteiger partial charge in [0, 0.05) is 49.4 Å². The van der Waals surface area contributed by atoms with Crippen LogP contribution < -0.4 is 15.9 Å². The number of nitrogens with zero attached hydrogens (tertiary/aromatic N) is 4. The molecule has 3 aromatic heterocycles. The van der Waals surface area contributed by atoms with E-state index in [1.165, 1.54) is 0 Å². The molecule has 1 aliphatic heterocycles. The molecule has 1 atom stereocenters. The van der Waals surface area contributed by atoms with Crippen LogP contribution in [0.25, 0.3) is 60.9 Å². The number of hydrogen-bond donors (Lipinski definition) is 0. The summed E-state index contributed by atoms with van der Waals surface area (Å²) in [6, 6.07) is 43.1. The molecule has 0 radical (unpaired) electrons. The fourth-order valence-corrected chi connectivity index (χ4v) is 10.0. The van der Waals surface area contributed by atoms with Crippen molar-refractivity contribution in [2.24, 2.45) is 0 Å². The van der Waals surface area contributed by atoms with Crippen molar-refractivity contribution in [3.63, 3.8) is 0 Å². The molecule has 9 rings (SSSR count). The van der Waals surface area contributed by atoms with Gasteiger partial charge in [0.1, 0.15) is 5.82 Å². The third-order valence-electron chi connectivity index (χ3n) is 9.30. The molecule has 1 unspecified atom stereocenters. The number of benzene rings is 5. The molecule has 226 valence electrons. The first-order chi connectivity index (χ1) is 22.8. The Morgan fingerprint density at radius 2 is 1.30 bits per heavy atom. The molecule has 1 aliphatic rings. The third-order valence-corrected chi connectivity index (χ3v) is 12.4. The van der Waals surface area contributed by atoms with E-state index < -0.39 is 7.14 Å². The van der Waals surface area contributed by atoms with Crippen LogP contribution in [0, 0.1) is 0 Å². The predicted molar refractivity (Wildman–Crippen MR) is 194 cm³/mol. The van der Waals surface area contributed by atoms with Crippen LogP contribution in [-0.2, 0) is 9.98 Å². The SMILES string of the molecule is CC(C)(C)c1nc2c(-c3ccc(-c4ccc5ccc6cccnc6c5n4)cc3)ccc3c2n1-c1ccccc1P3(=O)c1ccccc1. The summed E-state index contributed by atoms with van der Waals surface area (Å²) in [6.07, 6.45) is 1.82. The molecular weight excluding hydrogens is 595 g/mol. The van der Waals surface area contributed by atoms with Gasteiger partial charge in [0.05, 0.1) is 33.4 Å². The summed E-state index contributed by atoms with van der Waals surface area (Å²) in [7, 11) is -3.17. The maximum absolute atomic E-state index is 15.5. The summed E-state index contributed by atoms with van der Waals surface area (Å²) in [5, 5.41) is 4.67. The lowest BCUT2D eigenvalue weighted by Crippen LogP contribution is -2.34. The Kier molecular flexibility index (Phi) is 5.97. The van der Waals surface area contributed by atoms with E-state index in [9.17, 15) is 0 Å². The van der Waals surface area contributed by atoms with Gasteiger partial charge in [-0.1, -0.05) is 118 Å². The van der Waals surface area contributed by atoms with E-state index in [-0.39, 0.29) is 5.41 Å². The molecule has 4 heterocycles. The minimum Gasteiger partial charge on any atom is -0.308 e. The van der Waals surface area contributed by atoms with Crippen molar-refractivity contribution in [3.05, 3.63) is 139 Å². The van der Waals surface area contributed by atoms with E-state index in [4.69, 9.17) is 9.97 Å². The highest BCUT2D eigenvalue weighted by molar-refractivity contribution is 7.86. The number of para-hydroxylation sites is 1. The molecule has 8 aromatic rings. The lowest BCUT2D eigenvalue weighted by Gasteiger charge is -2.31. The highest BCUT2D eigenvalue weighted by Gasteiger charge is 2.41. The van der Waals surface area contributed by atoms with Crippen LogP contribution in [-0.4, -0.2) is 19.5 Å². The van der Waals surface area contributed by atoms with E-state index in [0.717, 1.165) is 82.6 Å². The highest BCUT2D eigenvalue weighted by Crippen LogP contribution is 2.51. The first-order valence-electron chi connectivity index (χ1n) is 15.9. The first kappa shape index (κ1) is 27.9. The largest absolute Gasteiger partial charge is 0.308 e. The minimum atomic E-state index is -3.17. The number of pyridine rings is 2. The molecule has 0 bridgehead atoms. The van der Waals surface area contributed by atoms with Gasteiger partial charge in [-0.15, -0.1) is 0 Å². The number of rotatable bonds is 3. The summed E-state index contributed by atoms with van der Waals surface area (Å²) in [5.74, 6) is 0.950. The molecule has 0 N–H and O–H groups in total. The number of aromatic nitrogens is 4. The van der Waals surface area contributed by atoms with Gasteiger partial charge in [-0.05, 0) is 35.9 Å². The monoisotopic (exact) mass is 626 g/mol. The van der Waals surface area contributed by atoms with E-state index in [2.05, 4.69) is 103 Å². The zero-order valence-corrected chi connectivity index (χ0v) is 27.2. The Bertz CT molecular complexity index is 2580. The Morgan fingerprint density at radius 1 is 0.596 bits per heavy atom. The second-order valence-corrected chi connectivity index (χ2v) is 16.0. The predicted octanol–water partition coefficient (Wildman–Crippen LogP) is 8.71. The number of hydrogen-bond acceptors (Lipinski definition) is 4. The van der Waals surface area contributed by atoms with Crippen LogP contribution in [0.3, 0.4) is 0 Å². The standard InChI is InChI=1S/C41H31N4OP/c1-41(2,3)40-44-38-31(22-24-35-39(38)45(40)33-13-7-8-14-34(33)47(35,46)30-11-5-4-6-12-30)26-15-17-27(18-16-26)32-23-21-29-20-19-28-10-9-25-42-36(28)37(29)43-32/h4-25H,1-3H3. The Balaban J connectivity index is 1.24. The second kappa shape index (κ2) is 10.1. The van der Waals surface area contributed by atoms with E-state index in [1.54, 1.807) is 0 Å². The quantitative estimate of drug-likeness (QED) is 0.145. The van der Waals surface area contributed by atoms with Crippen LogP contribution >= 0.6 is 7.14 Å². The molecule has 0 saturated heterocycles. The molecule has 0 amide bonds. The summed E-state index contributed by atoms with van der Waals surface area (Å²) in [5.41, 5.74) is 8.29. The van der Waals surface area contributed by atoms with Gasteiger partial charge in [-0.3, -0.25) is 9.55 Å². The average Bonchev–Trinajstić information content (AvgIpc) is 3.53. The molecule has 6 heteroatoms. The van der Waals surface area contributed by atoms with Gasteiger partial charge in [-0.2, -0.15) is 0 Å². The smallest absolute Gasteiger partial charge is 0.175 e. The van der Waals surface area contributed by atoms with Crippen molar-refractivity contribution in [2.75, 3.05) is 0 Å². The van der Waals surface area contributed by atoms with Gasteiger partial charge in [-0.25, -0.2) is 9.97 Å². The maximum Gasteiger partial charge on any atom is 0.175 e.